The smallest absolute Gasteiger partial charge is 0.344 e. The molecule has 0 heterocycles. The summed E-state index contributed by atoms with van der Waals surface area (Å²) in [5.74, 6) is -3.02. The van der Waals surface area contributed by atoms with E-state index in [9.17, 15) is 19.2 Å². The van der Waals surface area contributed by atoms with Crippen molar-refractivity contribution >= 4 is 23.9 Å². The first-order chi connectivity index (χ1) is 13.9. The molecule has 8 heteroatoms. The third-order valence-corrected chi connectivity index (χ3v) is 3.84. The van der Waals surface area contributed by atoms with Crippen LogP contribution in [0.25, 0.3) is 0 Å². The van der Waals surface area contributed by atoms with Gasteiger partial charge in [0.2, 0.25) is 0 Å². The highest BCUT2D eigenvalue weighted by Gasteiger charge is 2.17. The van der Waals surface area contributed by atoms with Gasteiger partial charge < -0.3 is 18.9 Å². The lowest BCUT2D eigenvalue weighted by atomic mass is 10.2. The van der Waals surface area contributed by atoms with Crippen LogP contribution in [0, 0.1) is 0 Å². The molecule has 166 valence electrons. The predicted molar refractivity (Wildman–Crippen MR) is 106 cm³/mol. The topological polar surface area (TPSA) is 105 Å². The minimum absolute atomic E-state index is 0.182. The van der Waals surface area contributed by atoms with Crippen molar-refractivity contribution in [2.24, 2.45) is 0 Å². The summed E-state index contributed by atoms with van der Waals surface area (Å²) in [5, 5.41) is 0. The average Bonchev–Trinajstić information content (AvgIpc) is 2.70. The normalized spacial score (nSPS) is 10.1. The van der Waals surface area contributed by atoms with Gasteiger partial charge in [0.25, 0.3) is 0 Å². The van der Waals surface area contributed by atoms with Crippen molar-refractivity contribution in [3.8, 4) is 0 Å². The minimum atomic E-state index is -0.900. The van der Waals surface area contributed by atoms with Crippen LogP contribution < -0.4 is 0 Å². The van der Waals surface area contributed by atoms with Gasteiger partial charge >= 0.3 is 23.9 Å². The van der Waals surface area contributed by atoms with Crippen molar-refractivity contribution in [1.29, 1.82) is 0 Å². The quantitative estimate of drug-likeness (QED) is 0.155. The van der Waals surface area contributed by atoms with Crippen LogP contribution in [0.5, 0.6) is 0 Å². The first-order valence-electron chi connectivity index (χ1n) is 10.2. The van der Waals surface area contributed by atoms with Crippen LogP contribution in [0.3, 0.4) is 0 Å². The van der Waals surface area contributed by atoms with E-state index in [0.717, 1.165) is 51.4 Å². The van der Waals surface area contributed by atoms with Crippen molar-refractivity contribution in [2.75, 3.05) is 26.4 Å². The van der Waals surface area contributed by atoms with Crippen LogP contribution >= 0.6 is 0 Å². The van der Waals surface area contributed by atoms with Crippen LogP contribution in [-0.2, 0) is 38.1 Å². The Hall–Kier alpha value is -2.38. The van der Waals surface area contributed by atoms with Gasteiger partial charge in [-0.15, -0.1) is 0 Å². The Labute approximate surface area is 172 Å². The van der Waals surface area contributed by atoms with E-state index >= 15 is 0 Å². The average molecular weight is 414 g/mol. The molecule has 0 saturated heterocycles. The van der Waals surface area contributed by atoms with Crippen LogP contribution in [0.15, 0.2) is 12.2 Å². The van der Waals surface area contributed by atoms with Gasteiger partial charge in [-0.05, 0) is 12.8 Å². The third-order valence-electron chi connectivity index (χ3n) is 3.84. The Kier molecular flexibility index (Phi) is 16.2. The molecule has 0 aliphatic heterocycles. The van der Waals surface area contributed by atoms with Crippen LogP contribution in [0.1, 0.15) is 71.6 Å². The maximum absolute atomic E-state index is 11.7. The maximum Gasteiger partial charge on any atom is 0.344 e. The molecule has 29 heavy (non-hydrogen) atoms. The van der Waals surface area contributed by atoms with Gasteiger partial charge in [0.15, 0.2) is 13.2 Å². The Balaban J connectivity index is 3.86. The second-order valence-corrected chi connectivity index (χ2v) is 6.58. The first kappa shape index (κ1) is 26.6. The van der Waals surface area contributed by atoms with Gasteiger partial charge in [0, 0.05) is 5.57 Å². The predicted octanol–water partition coefficient (Wildman–Crippen LogP) is 3.27. The lowest BCUT2D eigenvalue weighted by molar-refractivity contribution is -0.159. The first-order valence-corrected chi connectivity index (χ1v) is 10.2. The summed E-state index contributed by atoms with van der Waals surface area (Å²) >= 11 is 0. The van der Waals surface area contributed by atoms with Crippen molar-refractivity contribution < 1.29 is 38.1 Å². The Morgan fingerprint density at radius 1 is 0.621 bits per heavy atom. The number of carbonyl (C=O) groups excluding carboxylic acids is 4. The van der Waals surface area contributed by atoms with Crippen LogP contribution in [0.4, 0.5) is 0 Å². The summed E-state index contributed by atoms with van der Waals surface area (Å²) in [6.45, 7) is 7.07. The van der Waals surface area contributed by atoms with Gasteiger partial charge in [0.1, 0.15) is 0 Å². The molecule has 0 aromatic carbocycles. The highest BCUT2D eigenvalue weighted by Crippen LogP contribution is 2.05. The monoisotopic (exact) mass is 414 g/mol. The number of hydrogen-bond donors (Lipinski definition) is 0. The van der Waals surface area contributed by atoms with E-state index in [0.29, 0.717) is 0 Å². The molecule has 0 unspecified atom stereocenters. The molecule has 8 nitrogen and oxygen atoms in total. The van der Waals surface area contributed by atoms with E-state index in [1.54, 1.807) is 0 Å². The molecule has 0 fully saturated rings. The summed E-state index contributed by atoms with van der Waals surface area (Å²) in [6.07, 6.45) is 7.31. The fraction of sp³-hybridized carbons (Fsp3) is 0.714. The molecule has 0 aliphatic carbocycles. The summed E-state index contributed by atoms with van der Waals surface area (Å²) in [4.78, 5) is 46.3. The van der Waals surface area contributed by atoms with Crippen molar-refractivity contribution in [1.82, 2.24) is 0 Å². The number of rotatable bonds is 17. The number of unbranched alkanes of at least 4 members (excludes halogenated alkanes) is 6. The largest absolute Gasteiger partial charge is 0.463 e. The summed E-state index contributed by atoms with van der Waals surface area (Å²) in [7, 11) is 0. The minimum Gasteiger partial charge on any atom is -0.463 e. The van der Waals surface area contributed by atoms with E-state index in [4.69, 9.17) is 18.9 Å². The second kappa shape index (κ2) is 17.7. The molecule has 0 aromatic heterocycles. The standard InChI is InChI=1S/C21H34O8/c1-4-6-8-10-12-26-19(23)15-28-18(22)14-17(3)21(25)29-16-20(24)27-13-11-9-7-5-2/h3-16H2,1-2H3. The molecule has 0 bridgehead atoms. The SMILES string of the molecule is C=C(CC(=O)OCC(=O)OCCCCCC)C(=O)OCC(=O)OCCCCCC. The summed E-state index contributed by atoms with van der Waals surface area (Å²) < 4.78 is 19.3. The fourth-order valence-corrected chi connectivity index (χ4v) is 2.18. The zero-order valence-electron chi connectivity index (χ0n) is 17.7. The van der Waals surface area contributed by atoms with Crippen LogP contribution in [-0.4, -0.2) is 50.3 Å². The molecule has 0 atom stereocenters. The van der Waals surface area contributed by atoms with E-state index < -0.39 is 43.5 Å². The van der Waals surface area contributed by atoms with Gasteiger partial charge in [-0.1, -0.05) is 59.0 Å². The van der Waals surface area contributed by atoms with Crippen molar-refractivity contribution in [2.45, 2.75) is 71.6 Å². The van der Waals surface area contributed by atoms with E-state index in [1.165, 1.54) is 0 Å². The Bertz CT molecular complexity index is 527. The van der Waals surface area contributed by atoms with Gasteiger partial charge in [-0.2, -0.15) is 0 Å². The molecular formula is C21H34O8. The van der Waals surface area contributed by atoms with Gasteiger partial charge in [0.05, 0.1) is 19.6 Å². The third kappa shape index (κ3) is 16.3. The Morgan fingerprint density at radius 3 is 1.59 bits per heavy atom. The molecular weight excluding hydrogens is 380 g/mol. The number of hydrogen-bond acceptors (Lipinski definition) is 8. The van der Waals surface area contributed by atoms with Gasteiger partial charge in [-0.3, -0.25) is 4.79 Å². The molecule has 0 rings (SSSR count). The highest BCUT2D eigenvalue weighted by atomic mass is 16.6. The van der Waals surface area contributed by atoms with Crippen molar-refractivity contribution in [3.63, 3.8) is 0 Å². The lowest BCUT2D eigenvalue weighted by Gasteiger charge is -2.08. The summed E-state index contributed by atoms with van der Waals surface area (Å²) in [5.41, 5.74) is -0.182. The number of carbonyl (C=O) groups is 4. The number of ether oxygens (including phenoxy) is 4. The molecule has 0 N–H and O–H groups in total. The van der Waals surface area contributed by atoms with Gasteiger partial charge in [-0.25, -0.2) is 14.4 Å². The molecule has 0 aromatic rings. The molecule has 0 amide bonds. The maximum atomic E-state index is 11.7. The Morgan fingerprint density at radius 2 is 1.10 bits per heavy atom. The number of esters is 4. The second-order valence-electron chi connectivity index (χ2n) is 6.58. The van der Waals surface area contributed by atoms with Crippen LogP contribution in [0.2, 0.25) is 0 Å². The zero-order valence-corrected chi connectivity index (χ0v) is 17.7. The van der Waals surface area contributed by atoms with E-state index in [1.807, 2.05) is 0 Å². The van der Waals surface area contributed by atoms with E-state index in [-0.39, 0.29) is 18.8 Å². The summed E-state index contributed by atoms with van der Waals surface area (Å²) in [6, 6.07) is 0. The molecule has 0 aliphatic rings. The van der Waals surface area contributed by atoms with Crippen molar-refractivity contribution in [3.05, 3.63) is 12.2 Å². The zero-order chi connectivity index (χ0) is 21.9. The highest BCUT2D eigenvalue weighted by molar-refractivity contribution is 5.94. The molecule has 0 radical (unpaired) electrons. The lowest BCUT2D eigenvalue weighted by Crippen LogP contribution is -2.21. The fourth-order valence-electron chi connectivity index (χ4n) is 2.18. The molecule has 0 spiro atoms. The molecule has 0 saturated carbocycles. The van der Waals surface area contributed by atoms with E-state index in [2.05, 4.69) is 20.4 Å².